The van der Waals surface area contributed by atoms with Crippen LogP contribution in [0.2, 0.25) is 0 Å². The number of rotatable bonds is 0. The topological polar surface area (TPSA) is 68.7 Å². The second-order valence-electron chi connectivity index (χ2n) is 11.6. The van der Waals surface area contributed by atoms with E-state index in [2.05, 4.69) is 68.3 Å². The number of fused-ring (bicyclic) bond motifs is 10. The summed E-state index contributed by atoms with van der Waals surface area (Å²) in [4.78, 5) is 38.0. The molecule has 0 fully saturated rings. The van der Waals surface area contributed by atoms with E-state index in [-0.39, 0.29) is 11.1 Å². The van der Waals surface area contributed by atoms with Crippen molar-refractivity contribution in [2.24, 2.45) is 0 Å². The first-order valence-electron chi connectivity index (χ1n) is 14.1. The minimum Gasteiger partial charge on any atom is -0.268 e. The van der Waals surface area contributed by atoms with Crippen LogP contribution in [0.1, 0.15) is 0 Å². The third-order valence-electron chi connectivity index (χ3n) is 9.48. The van der Waals surface area contributed by atoms with Crippen LogP contribution >= 0.6 is 31.9 Å². The average Bonchev–Trinajstić information content (AvgIpc) is 3.60. The monoisotopic (exact) mass is 692 g/mol. The number of hydrogen-bond donors (Lipinski definition) is 0. The molecule has 11 rings (SSSR count). The number of nitrogens with zero attached hydrogens (tertiary/aromatic N) is 4. The van der Waals surface area contributed by atoms with Crippen LogP contribution in [0.3, 0.4) is 0 Å². The average molecular weight is 694 g/mol. The Balaban J connectivity index is 1.38. The van der Waals surface area contributed by atoms with Gasteiger partial charge < -0.3 is 0 Å². The van der Waals surface area contributed by atoms with Crippen LogP contribution in [0, 0.1) is 0 Å². The van der Waals surface area contributed by atoms with E-state index in [4.69, 9.17) is 9.97 Å². The van der Waals surface area contributed by atoms with E-state index in [9.17, 15) is 9.59 Å². The lowest BCUT2D eigenvalue weighted by Gasteiger charge is -2.18. The summed E-state index contributed by atoms with van der Waals surface area (Å²) < 4.78 is 5.26. The lowest BCUT2D eigenvalue weighted by molar-refractivity contribution is 1.19. The van der Waals surface area contributed by atoms with Gasteiger partial charge >= 0.3 is 0 Å². The third kappa shape index (κ3) is 2.57. The molecule has 4 heterocycles. The Bertz CT molecular complexity index is 3000. The molecule has 204 valence electrons. The zero-order valence-corrected chi connectivity index (χ0v) is 25.6. The van der Waals surface area contributed by atoms with E-state index in [0.29, 0.717) is 22.1 Å². The first kappa shape index (κ1) is 23.5. The van der Waals surface area contributed by atoms with Crippen LogP contribution in [-0.2, 0) is 0 Å². The summed E-state index contributed by atoms with van der Waals surface area (Å²) in [6.07, 6.45) is 0. The molecule has 0 radical (unpaired) electrons. The van der Waals surface area contributed by atoms with Gasteiger partial charge in [-0.05, 0) is 93.0 Å². The van der Waals surface area contributed by atoms with Crippen molar-refractivity contribution >= 4 is 130 Å². The van der Waals surface area contributed by atoms with Crippen molar-refractivity contribution in [3.63, 3.8) is 0 Å². The van der Waals surface area contributed by atoms with Crippen molar-refractivity contribution in [2.75, 3.05) is 0 Å². The molecule has 0 saturated carbocycles. The fourth-order valence-corrected chi connectivity index (χ4v) is 8.43. The van der Waals surface area contributed by atoms with Gasteiger partial charge in [0.2, 0.25) is 0 Å². The van der Waals surface area contributed by atoms with Crippen molar-refractivity contribution in [3.05, 3.63) is 115 Å². The van der Waals surface area contributed by atoms with E-state index < -0.39 is 0 Å². The van der Waals surface area contributed by atoms with Crippen molar-refractivity contribution in [2.45, 2.75) is 0 Å². The summed E-state index contributed by atoms with van der Waals surface area (Å²) in [5.41, 5.74) is 4.28. The summed E-state index contributed by atoms with van der Waals surface area (Å²) in [5, 5.41) is 11.3. The van der Waals surface area contributed by atoms with Crippen LogP contribution in [-0.4, -0.2) is 18.8 Å². The lowest BCUT2D eigenvalue weighted by Crippen LogP contribution is -2.14. The highest BCUT2D eigenvalue weighted by molar-refractivity contribution is 9.10. The number of aromatic nitrogens is 4. The molecule has 0 aliphatic heterocycles. The molecule has 0 spiro atoms. The number of imidazole rings is 2. The molecule has 7 aromatic carbocycles. The van der Waals surface area contributed by atoms with Crippen molar-refractivity contribution in [1.82, 2.24) is 18.8 Å². The Morgan fingerprint density at radius 1 is 0.432 bits per heavy atom. The number of hydrogen-bond acceptors (Lipinski definition) is 4. The zero-order valence-electron chi connectivity index (χ0n) is 22.4. The molecule has 0 saturated heterocycles. The van der Waals surface area contributed by atoms with Crippen LogP contribution in [0.25, 0.3) is 98.0 Å². The summed E-state index contributed by atoms with van der Waals surface area (Å²) in [6, 6.07) is 28.1. The van der Waals surface area contributed by atoms with Crippen LogP contribution < -0.4 is 11.1 Å². The van der Waals surface area contributed by atoms with Crippen LogP contribution in [0.15, 0.2) is 103 Å². The fourth-order valence-electron chi connectivity index (χ4n) is 7.73. The summed E-state index contributed by atoms with van der Waals surface area (Å²) in [7, 11) is 0. The quantitative estimate of drug-likeness (QED) is 0.118. The molecule has 4 aromatic heterocycles. The van der Waals surface area contributed by atoms with Gasteiger partial charge in [-0.2, -0.15) is 0 Å². The number of pyridine rings is 2. The van der Waals surface area contributed by atoms with Gasteiger partial charge in [-0.3, -0.25) is 18.4 Å². The van der Waals surface area contributed by atoms with Crippen LogP contribution in [0.5, 0.6) is 0 Å². The highest BCUT2D eigenvalue weighted by atomic mass is 79.9. The van der Waals surface area contributed by atoms with Gasteiger partial charge in [-0.25, -0.2) is 9.97 Å². The van der Waals surface area contributed by atoms with Gasteiger partial charge in [0, 0.05) is 41.3 Å². The minimum absolute atomic E-state index is 0.0796. The maximum atomic E-state index is 14.1. The second kappa shape index (κ2) is 7.59. The normalized spacial score (nSPS) is 13.0. The zero-order chi connectivity index (χ0) is 29.2. The lowest BCUT2D eigenvalue weighted by atomic mass is 9.86. The molecule has 0 N–H and O–H groups in total. The van der Waals surface area contributed by atoms with E-state index in [0.717, 1.165) is 84.9 Å². The summed E-state index contributed by atoms with van der Waals surface area (Å²) in [5.74, 6) is 0. The molecule has 8 heteroatoms. The molecule has 6 nitrogen and oxygen atoms in total. The Morgan fingerprint density at radius 2 is 0.773 bits per heavy atom. The van der Waals surface area contributed by atoms with Gasteiger partial charge in [0.15, 0.2) is 0 Å². The molecule has 0 atom stereocenters. The van der Waals surface area contributed by atoms with Crippen molar-refractivity contribution in [1.29, 1.82) is 0 Å². The minimum atomic E-state index is -0.0796. The first-order chi connectivity index (χ1) is 21.5. The predicted molar refractivity (Wildman–Crippen MR) is 185 cm³/mol. The van der Waals surface area contributed by atoms with E-state index in [1.807, 2.05) is 48.5 Å². The largest absolute Gasteiger partial charge is 0.268 e. The maximum Gasteiger partial charge on any atom is 0.264 e. The van der Waals surface area contributed by atoms with E-state index in [1.165, 1.54) is 0 Å². The molecule has 11 aromatic rings. The Labute approximate surface area is 262 Å². The molecule has 0 unspecified atom stereocenters. The SMILES string of the molecule is O=c1c2ccc3c4ccc5c6c(ccc(c7ccc(c2c37)c2nc3ccc(Br)cc3n12)c46)c(=O)n1c2cc(Br)ccc2nc51. The van der Waals surface area contributed by atoms with Crippen molar-refractivity contribution < 1.29 is 0 Å². The Morgan fingerprint density at radius 3 is 1.18 bits per heavy atom. The standard InChI is InChI=1S/C36H14Br2N4O2/c37-15-1-11-25-27(13-15)41-33(39-25)21-7-3-17-20-6-10-24-32-22(34-40-26-12-2-16(38)14-28(26)42(34)36(24)44)8-4-18(30(20)32)19-5-9-23(35(41)43)31(21)29(17)19/h1-14H. The smallest absolute Gasteiger partial charge is 0.264 e. The maximum absolute atomic E-state index is 14.1. The number of halogens is 2. The molecule has 0 bridgehead atoms. The van der Waals surface area contributed by atoms with E-state index in [1.54, 1.807) is 8.80 Å². The molecule has 0 amide bonds. The second-order valence-corrected chi connectivity index (χ2v) is 13.4. The predicted octanol–water partition coefficient (Wildman–Crippen LogP) is 8.77. The molecule has 44 heavy (non-hydrogen) atoms. The highest BCUT2D eigenvalue weighted by Gasteiger charge is 2.24. The van der Waals surface area contributed by atoms with Gasteiger partial charge in [-0.1, -0.05) is 56.1 Å². The molecule has 0 aliphatic rings. The molecular weight excluding hydrogens is 680 g/mol. The Hall–Kier alpha value is -4.92. The van der Waals surface area contributed by atoms with Crippen molar-refractivity contribution in [3.8, 4) is 0 Å². The fraction of sp³-hybridized carbons (Fsp3) is 0. The third-order valence-corrected chi connectivity index (χ3v) is 10.5. The summed E-state index contributed by atoms with van der Waals surface area (Å²) in [6.45, 7) is 0. The molecule has 0 aliphatic carbocycles. The van der Waals surface area contributed by atoms with Gasteiger partial charge in [-0.15, -0.1) is 0 Å². The van der Waals surface area contributed by atoms with Crippen LogP contribution in [0.4, 0.5) is 0 Å². The van der Waals surface area contributed by atoms with Gasteiger partial charge in [0.1, 0.15) is 11.3 Å². The summed E-state index contributed by atoms with van der Waals surface area (Å²) >= 11 is 7.11. The molecular formula is C36H14Br2N4O2. The van der Waals surface area contributed by atoms with Gasteiger partial charge in [0.25, 0.3) is 11.1 Å². The number of benzene rings is 7. The first-order valence-corrected chi connectivity index (χ1v) is 15.7. The van der Waals surface area contributed by atoms with E-state index >= 15 is 0 Å². The highest BCUT2D eigenvalue weighted by Crippen LogP contribution is 2.45. The Kier molecular flexibility index (Phi) is 4.06. The van der Waals surface area contributed by atoms with Gasteiger partial charge in [0.05, 0.1) is 22.1 Å².